The molecule has 0 spiro atoms. The van der Waals surface area contributed by atoms with Crippen LogP contribution in [0.3, 0.4) is 0 Å². The molecule has 3 rings (SSSR count). The van der Waals surface area contributed by atoms with Gasteiger partial charge < -0.3 is 18.7 Å². The zero-order chi connectivity index (χ0) is 22.6. The molecule has 2 aromatic carbocycles. The molecule has 10 nitrogen and oxygen atoms in total. The molecule has 31 heavy (non-hydrogen) atoms. The topological polar surface area (TPSA) is 130 Å². The summed E-state index contributed by atoms with van der Waals surface area (Å²) in [7, 11) is 0.300. The lowest BCUT2D eigenvalue weighted by Gasteiger charge is -2.09. The first-order valence-corrected chi connectivity index (χ1v) is 10.5. The molecule has 0 saturated carbocycles. The first-order valence-electron chi connectivity index (χ1n) is 9.02. The van der Waals surface area contributed by atoms with Gasteiger partial charge in [-0.15, -0.1) is 0 Å². The maximum Gasteiger partial charge on any atom is 0.337 e. The summed E-state index contributed by atoms with van der Waals surface area (Å²) >= 11 is 0. The van der Waals surface area contributed by atoms with Gasteiger partial charge in [-0.25, -0.2) is 17.9 Å². The Morgan fingerprint density at radius 3 is 2.55 bits per heavy atom. The van der Waals surface area contributed by atoms with Crippen molar-refractivity contribution in [2.24, 2.45) is 0 Å². The molecule has 1 heterocycles. The summed E-state index contributed by atoms with van der Waals surface area (Å²) in [5, 5.41) is 3.89. The number of carbonyl (C=O) groups excluding carboxylic acids is 1. The molecule has 0 unspecified atom stereocenters. The average Bonchev–Trinajstić information content (AvgIpc) is 3.25. The van der Waals surface area contributed by atoms with Crippen LogP contribution in [0.5, 0.6) is 11.5 Å². The van der Waals surface area contributed by atoms with Crippen molar-refractivity contribution in [3.63, 3.8) is 0 Å². The number of sulfonamides is 1. The molecule has 0 aliphatic heterocycles. The van der Waals surface area contributed by atoms with E-state index in [0.29, 0.717) is 22.6 Å². The first-order chi connectivity index (χ1) is 14.8. The zero-order valence-corrected chi connectivity index (χ0v) is 18.1. The minimum absolute atomic E-state index is 0.0491. The van der Waals surface area contributed by atoms with Gasteiger partial charge in [-0.1, -0.05) is 11.2 Å². The van der Waals surface area contributed by atoms with Crippen LogP contribution in [0.1, 0.15) is 21.8 Å². The fourth-order valence-electron chi connectivity index (χ4n) is 2.79. The van der Waals surface area contributed by atoms with E-state index >= 15 is 0 Å². The van der Waals surface area contributed by atoms with Crippen LogP contribution in [-0.4, -0.2) is 45.9 Å². The number of nitrogens with zero attached hydrogens (tertiary/aromatic N) is 2. The molecule has 0 bridgehead atoms. The summed E-state index contributed by atoms with van der Waals surface area (Å²) in [6, 6.07) is 9.37. The van der Waals surface area contributed by atoms with Crippen molar-refractivity contribution in [2.45, 2.75) is 18.4 Å². The number of benzene rings is 2. The summed E-state index contributed by atoms with van der Waals surface area (Å²) in [5.41, 5.74) is 1.15. The van der Waals surface area contributed by atoms with E-state index in [2.05, 4.69) is 19.6 Å². The molecular weight excluding hydrogens is 426 g/mol. The summed E-state index contributed by atoms with van der Waals surface area (Å²) in [6.45, 7) is 1.38. The number of hydrogen-bond acceptors (Lipinski definition) is 9. The Morgan fingerprint density at radius 1 is 1.10 bits per heavy atom. The molecule has 0 saturated heterocycles. The van der Waals surface area contributed by atoms with E-state index in [-0.39, 0.29) is 28.7 Å². The van der Waals surface area contributed by atoms with Crippen molar-refractivity contribution >= 4 is 16.0 Å². The van der Waals surface area contributed by atoms with E-state index < -0.39 is 16.0 Å². The highest BCUT2D eigenvalue weighted by Gasteiger charge is 2.21. The molecule has 1 N–H and O–H groups in total. The van der Waals surface area contributed by atoms with Gasteiger partial charge in [-0.3, -0.25) is 0 Å². The van der Waals surface area contributed by atoms with Gasteiger partial charge in [0.1, 0.15) is 11.5 Å². The second-order valence-corrected chi connectivity index (χ2v) is 8.11. The van der Waals surface area contributed by atoms with Crippen molar-refractivity contribution in [2.75, 3.05) is 21.3 Å². The van der Waals surface area contributed by atoms with Gasteiger partial charge in [0, 0.05) is 6.07 Å². The number of ether oxygens (including phenoxy) is 3. The number of aromatic nitrogens is 2. The molecule has 0 aliphatic carbocycles. The highest BCUT2D eigenvalue weighted by Crippen LogP contribution is 2.31. The molecule has 0 atom stereocenters. The predicted octanol–water partition coefficient (Wildman–Crippen LogP) is 2.33. The summed E-state index contributed by atoms with van der Waals surface area (Å²) in [6.07, 6.45) is 0. The van der Waals surface area contributed by atoms with Gasteiger partial charge >= 0.3 is 5.97 Å². The second kappa shape index (κ2) is 9.14. The van der Waals surface area contributed by atoms with E-state index in [1.807, 2.05) is 0 Å². The van der Waals surface area contributed by atoms with E-state index in [4.69, 9.17) is 14.0 Å². The van der Waals surface area contributed by atoms with Crippen molar-refractivity contribution in [1.29, 1.82) is 0 Å². The van der Waals surface area contributed by atoms with Gasteiger partial charge in [0.15, 0.2) is 0 Å². The lowest BCUT2D eigenvalue weighted by atomic mass is 10.1. The monoisotopic (exact) mass is 447 g/mol. The number of esters is 1. The van der Waals surface area contributed by atoms with Crippen LogP contribution in [0.2, 0.25) is 0 Å². The van der Waals surface area contributed by atoms with Crippen LogP contribution >= 0.6 is 0 Å². The maximum atomic E-state index is 12.8. The average molecular weight is 447 g/mol. The van der Waals surface area contributed by atoms with Crippen molar-refractivity contribution in [3.8, 4) is 22.9 Å². The number of aryl methyl sites for hydroxylation is 1. The van der Waals surface area contributed by atoms with Gasteiger partial charge in [-0.2, -0.15) is 4.98 Å². The normalized spacial score (nSPS) is 11.2. The third kappa shape index (κ3) is 4.84. The second-order valence-electron chi connectivity index (χ2n) is 6.37. The third-order valence-corrected chi connectivity index (χ3v) is 5.97. The Hall–Kier alpha value is -3.44. The molecule has 0 radical (unpaired) electrons. The Kier molecular flexibility index (Phi) is 6.56. The number of methoxy groups -OCH3 is 3. The molecule has 3 aromatic rings. The third-order valence-electron chi connectivity index (χ3n) is 4.43. The molecule has 164 valence electrons. The zero-order valence-electron chi connectivity index (χ0n) is 17.3. The van der Waals surface area contributed by atoms with Crippen molar-refractivity contribution in [3.05, 3.63) is 53.4 Å². The Labute approximate surface area is 179 Å². The Balaban J connectivity index is 1.80. The first kappa shape index (κ1) is 22.2. The minimum atomic E-state index is -3.96. The van der Waals surface area contributed by atoms with E-state index in [1.54, 1.807) is 25.1 Å². The predicted molar refractivity (Wildman–Crippen MR) is 109 cm³/mol. The Bertz CT molecular complexity index is 1210. The van der Waals surface area contributed by atoms with Crippen LogP contribution in [0, 0.1) is 6.92 Å². The van der Waals surface area contributed by atoms with Crippen LogP contribution in [0.25, 0.3) is 11.4 Å². The number of rotatable bonds is 8. The van der Waals surface area contributed by atoms with E-state index in [0.717, 1.165) is 0 Å². The van der Waals surface area contributed by atoms with Crippen LogP contribution < -0.4 is 14.2 Å². The number of nitrogens with one attached hydrogen (secondary N) is 1. The van der Waals surface area contributed by atoms with Crippen molar-refractivity contribution < 1.29 is 31.9 Å². The summed E-state index contributed by atoms with van der Waals surface area (Å²) in [5.74, 6) is 0.728. The van der Waals surface area contributed by atoms with Gasteiger partial charge in [-0.05, 0) is 36.8 Å². The quantitative estimate of drug-likeness (QED) is 0.517. The van der Waals surface area contributed by atoms with Gasteiger partial charge in [0.25, 0.3) is 0 Å². The maximum absolute atomic E-state index is 12.8. The fourth-order valence-corrected chi connectivity index (χ4v) is 4.03. The molecule has 11 heteroatoms. The standard InChI is InChI=1S/C20H21N3O7S/c1-12-5-6-13(20(24)29-4)9-17(12)31(25,26)21-11-18-22-19(23-30-18)15-8-7-14(27-2)10-16(15)28-3/h5-10,21H,11H2,1-4H3. The molecule has 0 fully saturated rings. The van der Waals surface area contributed by atoms with Crippen LogP contribution in [-0.2, 0) is 21.3 Å². The molecular formula is C20H21N3O7S. The highest BCUT2D eigenvalue weighted by molar-refractivity contribution is 7.89. The van der Waals surface area contributed by atoms with Gasteiger partial charge in [0.2, 0.25) is 21.7 Å². The minimum Gasteiger partial charge on any atom is -0.497 e. The molecule has 1 aromatic heterocycles. The highest BCUT2D eigenvalue weighted by atomic mass is 32.2. The number of hydrogen-bond donors (Lipinski definition) is 1. The SMILES string of the molecule is COC(=O)c1ccc(C)c(S(=O)(=O)NCc2nc(-c3ccc(OC)cc3OC)no2)c1. The fraction of sp³-hybridized carbons (Fsp3) is 0.250. The number of carbonyl (C=O) groups is 1. The van der Waals surface area contributed by atoms with Crippen LogP contribution in [0.4, 0.5) is 0 Å². The van der Waals surface area contributed by atoms with Crippen LogP contribution in [0.15, 0.2) is 45.8 Å². The van der Waals surface area contributed by atoms with Gasteiger partial charge in [0.05, 0.1) is 43.9 Å². The largest absolute Gasteiger partial charge is 0.497 e. The summed E-state index contributed by atoms with van der Waals surface area (Å²) in [4.78, 5) is 15.9. The molecule has 0 aliphatic rings. The van der Waals surface area contributed by atoms with E-state index in [9.17, 15) is 13.2 Å². The van der Waals surface area contributed by atoms with Crippen molar-refractivity contribution in [1.82, 2.24) is 14.9 Å². The lowest BCUT2D eigenvalue weighted by Crippen LogP contribution is -2.24. The summed E-state index contributed by atoms with van der Waals surface area (Å²) < 4.78 is 48.2. The lowest BCUT2D eigenvalue weighted by molar-refractivity contribution is 0.0600. The smallest absolute Gasteiger partial charge is 0.337 e. The Morgan fingerprint density at radius 2 is 1.87 bits per heavy atom. The van der Waals surface area contributed by atoms with E-state index in [1.165, 1.54) is 39.5 Å². The molecule has 0 amide bonds.